The monoisotopic (exact) mass is 407 g/mol. The van der Waals surface area contributed by atoms with Crippen molar-refractivity contribution in [1.82, 2.24) is 10.3 Å². The number of benzene rings is 2. The molecule has 0 aliphatic carbocycles. The predicted molar refractivity (Wildman–Crippen MR) is 108 cm³/mol. The molecule has 0 unspecified atom stereocenters. The summed E-state index contributed by atoms with van der Waals surface area (Å²) in [7, 11) is 3.15. The van der Waals surface area contributed by atoms with Crippen LogP contribution in [-0.4, -0.2) is 30.2 Å². The van der Waals surface area contributed by atoms with Gasteiger partial charge in [0.05, 0.1) is 29.5 Å². The number of hydrogen-bond acceptors (Lipinski definition) is 6. The first-order valence-electron chi connectivity index (χ1n) is 7.41. The number of nitrogens with zero attached hydrogens (tertiary/aromatic N) is 1. The molecule has 9 heteroatoms. The Morgan fingerprint density at radius 1 is 1.23 bits per heavy atom. The fourth-order valence-electron chi connectivity index (χ4n) is 2.25. The molecule has 2 aromatic carbocycles. The van der Waals surface area contributed by atoms with Crippen LogP contribution in [0.25, 0.3) is 10.2 Å². The molecule has 1 amide bonds. The van der Waals surface area contributed by atoms with Crippen LogP contribution >= 0.6 is 35.2 Å². The van der Waals surface area contributed by atoms with Crippen molar-refractivity contribution < 1.29 is 14.3 Å². The van der Waals surface area contributed by atoms with E-state index in [0.29, 0.717) is 32.7 Å². The number of halogens is 1. The maximum absolute atomic E-state index is 12.2. The Morgan fingerprint density at radius 2 is 2.00 bits per heavy atom. The summed E-state index contributed by atoms with van der Waals surface area (Å²) in [6, 6.07) is 10.3. The third kappa shape index (κ3) is 3.87. The Bertz CT molecular complexity index is 991. The number of amides is 1. The number of ether oxygens (including phenoxy) is 2. The molecular weight excluding hydrogens is 394 g/mol. The average Bonchev–Trinajstić information content (AvgIpc) is 3.02. The molecular formula is C17H14ClN3O3S2. The van der Waals surface area contributed by atoms with E-state index in [2.05, 4.69) is 15.6 Å². The Hall–Kier alpha value is -2.42. The van der Waals surface area contributed by atoms with E-state index in [1.165, 1.54) is 11.3 Å². The number of methoxy groups -OCH3 is 2. The Morgan fingerprint density at radius 3 is 2.69 bits per heavy atom. The Balaban J connectivity index is 1.77. The van der Waals surface area contributed by atoms with E-state index in [1.807, 2.05) is 6.07 Å². The van der Waals surface area contributed by atoms with Crippen LogP contribution in [0.1, 0.15) is 10.4 Å². The van der Waals surface area contributed by atoms with Crippen LogP contribution in [0, 0.1) is 0 Å². The molecule has 3 aromatic rings. The third-order valence-electron chi connectivity index (χ3n) is 3.46. The molecule has 0 saturated heterocycles. The van der Waals surface area contributed by atoms with Crippen molar-refractivity contribution in [3.05, 3.63) is 47.0 Å². The van der Waals surface area contributed by atoms with Gasteiger partial charge in [-0.15, -0.1) is 0 Å². The number of rotatable bonds is 4. The number of aromatic nitrogens is 1. The molecule has 134 valence electrons. The highest BCUT2D eigenvalue weighted by atomic mass is 35.5. The highest BCUT2D eigenvalue weighted by molar-refractivity contribution is 7.80. The Kier molecular flexibility index (Phi) is 5.55. The summed E-state index contributed by atoms with van der Waals surface area (Å²) in [5, 5.41) is 6.50. The lowest BCUT2D eigenvalue weighted by molar-refractivity contribution is 0.0978. The molecule has 0 radical (unpaired) electrons. The van der Waals surface area contributed by atoms with E-state index >= 15 is 0 Å². The zero-order valence-corrected chi connectivity index (χ0v) is 16.2. The highest BCUT2D eigenvalue weighted by Crippen LogP contribution is 2.36. The van der Waals surface area contributed by atoms with Gasteiger partial charge in [0.1, 0.15) is 17.0 Å². The molecule has 0 spiro atoms. The maximum Gasteiger partial charge on any atom is 0.258 e. The van der Waals surface area contributed by atoms with Crippen LogP contribution in [0.3, 0.4) is 0 Å². The molecule has 0 saturated carbocycles. The van der Waals surface area contributed by atoms with E-state index in [4.69, 9.17) is 33.3 Å². The Labute approximate surface area is 164 Å². The van der Waals surface area contributed by atoms with E-state index in [0.717, 1.165) is 4.70 Å². The van der Waals surface area contributed by atoms with Gasteiger partial charge in [-0.05, 0) is 30.4 Å². The van der Waals surface area contributed by atoms with Gasteiger partial charge in [-0.1, -0.05) is 35.1 Å². The van der Waals surface area contributed by atoms with Gasteiger partial charge in [0.15, 0.2) is 10.2 Å². The van der Waals surface area contributed by atoms with Crippen molar-refractivity contribution in [2.75, 3.05) is 19.5 Å². The van der Waals surface area contributed by atoms with E-state index in [-0.39, 0.29) is 5.11 Å². The topological polar surface area (TPSA) is 72.5 Å². The quantitative estimate of drug-likeness (QED) is 0.634. The van der Waals surface area contributed by atoms with Crippen molar-refractivity contribution in [2.24, 2.45) is 0 Å². The van der Waals surface area contributed by atoms with Crippen molar-refractivity contribution >= 4 is 61.5 Å². The minimum absolute atomic E-state index is 0.125. The van der Waals surface area contributed by atoms with Crippen LogP contribution in [0.4, 0.5) is 5.13 Å². The summed E-state index contributed by atoms with van der Waals surface area (Å²) in [6.07, 6.45) is 0. The van der Waals surface area contributed by atoms with Crippen LogP contribution in [-0.2, 0) is 0 Å². The number of thiocarbonyl (C=S) groups is 1. The standard InChI is InChI=1S/C17H14ClN3O3S2/c1-23-9-7-12(24-2)14-13(8-9)26-17(19-14)21-16(25)20-15(22)10-5-3-4-6-11(10)18/h3-8H,1-2H3,(H2,19,20,21,22,25). The highest BCUT2D eigenvalue weighted by Gasteiger charge is 2.14. The zero-order valence-electron chi connectivity index (χ0n) is 13.8. The zero-order chi connectivity index (χ0) is 18.7. The van der Waals surface area contributed by atoms with Crippen LogP contribution in [0.5, 0.6) is 11.5 Å². The molecule has 2 N–H and O–H groups in total. The fourth-order valence-corrected chi connectivity index (χ4v) is 3.64. The van der Waals surface area contributed by atoms with Gasteiger partial charge in [0.2, 0.25) is 0 Å². The molecule has 0 aliphatic rings. The fraction of sp³-hybridized carbons (Fsp3) is 0.118. The van der Waals surface area contributed by atoms with Crippen molar-refractivity contribution in [3.63, 3.8) is 0 Å². The second-order valence-corrected chi connectivity index (χ2v) is 6.93. The summed E-state index contributed by atoms with van der Waals surface area (Å²) in [6.45, 7) is 0. The number of thiazole rings is 1. The number of carbonyl (C=O) groups excluding carboxylic acids is 1. The van der Waals surface area contributed by atoms with E-state index in [9.17, 15) is 4.79 Å². The molecule has 26 heavy (non-hydrogen) atoms. The molecule has 6 nitrogen and oxygen atoms in total. The first-order valence-corrected chi connectivity index (χ1v) is 9.01. The molecule has 0 atom stereocenters. The smallest absolute Gasteiger partial charge is 0.258 e. The number of carbonyl (C=O) groups is 1. The number of nitrogens with one attached hydrogen (secondary N) is 2. The summed E-state index contributed by atoms with van der Waals surface area (Å²) >= 11 is 12.6. The van der Waals surface area contributed by atoms with Gasteiger partial charge in [0, 0.05) is 6.07 Å². The molecule has 1 aromatic heterocycles. The SMILES string of the molecule is COc1cc(OC)c2nc(NC(=S)NC(=O)c3ccccc3Cl)sc2c1. The molecule has 1 heterocycles. The first kappa shape index (κ1) is 18.4. The minimum Gasteiger partial charge on any atom is -0.497 e. The van der Waals surface area contributed by atoms with Gasteiger partial charge < -0.3 is 14.8 Å². The van der Waals surface area contributed by atoms with Gasteiger partial charge in [-0.25, -0.2) is 4.98 Å². The summed E-state index contributed by atoms with van der Waals surface area (Å²) in [5.41, 5.74) is 1.02. The van der Waals surface area contributed by atoms with Crippen LogP contribution in [0.2, 0.25) is 5.02 Å². The van der Waals surface area contributed by atoms with Gasteiger partial charge in [-0.3, -0.25) is 10.1 Å². The lowest BCUT2D eigenvalue weighted by Crippen LogP contribution is -2.34. The third-order valence-corrected chi connectivity index (χ3v) is 4.91. The molecule has 0 bridgehead atoms. The summed E-state index contributed by atoms with van der Waals surface area (Å²) in [4.78, 5) is 16.7. The number of fused-ring (bicyclic) bond motifs is 1. The number of anilines is 1. The lowest BCUT2D eigenvalue weighted by atomic mass is 10.2. The second kappa shape index (κ2) is 7.86. The lowest BCUT2D eigenvalue weighted by Gasteiger charge is -2.08. The molecule has 0 fully saturated rings. The normalized spacial score (nSPS) is 10.4. The van der Waals surface area contributed by atoms with Crippen molar-refractivity contribution in [2.45, 2.75) is 0 Å². The largest absolute Gasteiger partial charge is 0.497 e. The summed E-state index contributed by atoms with van der Waals surface area (Å²) in [5.74, 6) is 0.863. The van der Waals surface area contributed by atoms with Crippen molar-refractivity contribution in [3.8, 4) is 11.5 Å². The van der Waals surface area contributed by atoms with Gasteiger partial charge in [0.25, 0.3) is 5.91 Å². The maximum atomic E-state index is 12.2. The second-order valence-electron chi connectivity index (χ2n) is 5.08. The van der Waals surface area contributed by atoms with Crippen molar-refractivity contribution in [1.29, 1.82) is 0 Å². The van der Waals surface area contributed by atoms with Gasteiger partial charge >= 0.3 is 0 Å². The molecule has 3 rings (SSSR count). The van der Waals surface area contributed by atoms with Crippen LogP contribution < -0.4 is 20.1 Å². The first-order chi connectivity index (χ1) is 12.5. The number of hydrogen-bond donors (Lipinski definition) is 2. The summed E-state index contributed by atoms with van der Waals surface area (Å²) < 4.78 is 11.5. The van der Waals surface area contributed by atoms with Gasteiger partial charge in [-0.2, -0.15) is 0 Å². The van der Waals surface area contributed by atoms with E-state index in [1.54, 1.807) is 44.6 Å². The average molecular weight is 408 g/mol. The van der Waals surface area contributed by atoms with Crippen LogP contribution in [0.15, 0.2) is 36.4 Å². The minimum atomic E-state index is -0.395. The predicted octanol–water partition coefficient (Wildman–Crippen LogP) is 4.09. The molecule has 0 aliphatic heterocycles. The van der Waals surface area contributed by atoms with E-state index < -0.39 is 5.91 Å².